The number of aliphatic hydroxyl groups excluding tert-OH is 9. The molecule has 1 aromatic rings. The van der Waals surface area contributed by atoms with Crippen molar-refractivity contribution >= 4 is 18.0 Å². The number of carbonyl (C=O) groups is 2. The Bertz CT molecular complexity index is 1350. The third-order valence-corrected chi connectivity index (χ3v) is 8.93. The number of hydrogen-bond acceptors (Lipinski definition) is 18. The first kappa shape index (κ1) is 38.4. The minimum absolute atomic E-state index is 0.0107. The average molecular weight is 703 g/mol. The standard InChI is InChI=1S/C31H42O18/c1-12-20(47-22(38)5-3-13-2-4-16(34)17(35)6-13)7-14-15(29(44)45-11-19(37)25(40)24(39)18(36)8-32)10-46-30(23(12)14)49-31-28(43)27(42)26(41)21(9-33)48-31/h2-6,10,12,14,18-21,23-28,30-37,39-43H,7-9,11H2,1H3/b5-3+/t12-,14+,18-,19-,20+,21-,23+,24-,25-,26-,27+,28-,30+,31+/m1/s1. The number of rotatable bonds is 13. The van der Waals surface area contributed by atoms with Crippen molar-refractivity contribution in [2.24, 2.45) is 17.8 Å². The predicted molar refractivity (Wildman–Crippen MR) is 159 cm³/mol. The molecule has 1 saturated heterocycles. The first-order valence-electron chi connectivity index (χ1n) is 15.4. The maximum Gasteiger partial charge on any atom is 0.337 e. The van der Waals surface area contributed by atoms with Crippen LogP contribution in [0.25, 0.3) is 6.08 Å². The molecule has 49 heavy (non-hydrogen) atoms. The van der Waals surface area contributed by atoms with Gasteiger partial charge < -0.3 is 79.9 Å². The minimum atomic E-state index is -2.00. The van der Waals surface area contributed by atoms with Gasteiger partial charge in [-0.2, -0.15) is 0 Å². The topological polar surface area (TPSA) is 303 Å². The summed E-state index contributed by atoms with van der Waals surface area (Å²) in [6, 6.07) is 3.89. The lowest BCUT2D eigenvalue weighted by Gasteiger charge is -2.43. The molecule has 0 amide bonds. The van der Waals surface area contributed by atoms with Crippen LogP contribution in [0.3, 0.4) is 0 Å². The molecule has 1 aliphatic carbocycles. The summed E-state index contributed by atoms with van der Waals surface area (Å²) in [6.07, 6.45) is -14.5. The van der Waals surface area contributed by atoms with Crippen LogP contribution in [-0.4, -0.2) is 155 Å². The molecule has 18 heteroatoms. The summed E-state index contributed by atoms with van der Waals surface area (Å²) < 4.78 is 27.8. The third kappa shape index (κ3) is 8.67. The monoisotopic (exact) mass is 702 g/mol. The highest BCUT2D eigenvalue weighted by Gasteiger charge is 2.55. The van der Waals surface area contributed by atoms with E-state index < -0.39 is 123 Å². The molecule has 274 valence electrons. The number of fused-ring (bicyclic) bond motifs is 1. The van der Waals surface area contributed by atoms with E-state index in [2.05, 4.69) is 0 Å². The molecule has 0 radical (unpaired) electrons. The Hall–Kier alpha value is -3.40. The summed E-state index contributed by atoms with van der Waals surface area (Å²) in [4.78, 5) is 26.0. The van der Waals surface area contributed by atoms with E-state index in [1.165, 1.54) is 24.3 Å². The van der Waals surface area contributed by atoms with Gasteiger partial charge in [-0.05, 0) is 30.2 Å². The third-order valence-electron chi connectivity index (χ3n) is 8.93. The van der Waals surface area contributed by atoms with E-state index in [1.807, 2.05) is 0 Å². The van der Waals surface area contributed by atoms with E-state index in [0.717, 1.165) is 12.3 Å². The summed E-state index contributed by atoms with van der Waals surface area (Å²) in [6.45, 7) is -0.815. The SMILES string of the molecule is C[C@H]1[C@@H]2[C@H](O[C@@H]3O[C@H](CO)[C@@H](O)[C@H](O)[C@H]3O)OC=C(C(=O)OC[C@@H](O)[C@@H](O)[C@H](O)[C@H](O)CO)[C@@H]2C[C@@H]1OC(=O)/C=C/c1ccc(O)c(O)c1. The van der Waals surface area contributed by atoms with Gasteiger partial charge in [-0.3, -0.25) is 0 Å². The van der Waals surface area contributed by atoms with Crippen molar-refractivity contribution in [3.8, 4) is 11.5 Å². The molecule has 4 rings (SSSR count). The zero-order valence-electron chi connectivity index (χ0n) is 26.2. The van der Waals surface area contributed by atoms with E-state index >= 15 is 0 Å². The van der Waals surface area contributed by atoms with Crippen LogP contribution in [0.4, 0.5) is 0 Å². The lowest BCUT2D eigenvalue weighted by Crippen LogP contribution is -2.60. The van der Waals surface area contributed by atoms with Gasteiger partial charge in [0.25, 0.3) is 0 Å². The Morgan fingerprint density at radius 3 is 2.31 bits per heavy atom. The number of phenolic OH excluding ortho intramolecular Hbond substituents is 2. The maximum atomic E-state index is 13.2. The first-order chi connectivity index (χ1) is 23.2. The predicted octanol–water partition coefficient (Wildman–Crippen LogP) is -3.67. The average Bonchev–Trinajstić information content (AvgIpc) is 3.41. The summed E-state index contributed by atoms with van der Waals surface area (Å²) in [7, 11) is 0. The number of aliphatic hydroxyl groups is 9. The molecule has 3 aliphatic rings. The van der Waals surface area contributed by atoms with Crippen molar-refractivity contribution in [3.05, 3.63) is 41.7 Å². The normalized spacial score (nSPS) is 33.9. The smallest absolute Gasteiger partial charge is 0.337 e. The van der Waals surface area contributed by atoms with Crippen molar-refractivity contribution in [2.45, 2.75) is 80.9 Å². The number of esters is 2. The van der Waals surface area contributed by atoms with Gasteiger partial charge in [0.05, 0.1) is 25.0 Å². The van der Waals surface area contributed by atoms with Crippen LogP contribution < -0.4 is 0 Å². The van der Waals surface area contributed by atoms with Crippen molar-refractivity contribution in [1.82, 2.24) is 0 Å². The summed E-state index contributed by atoms with van der Waals surface area (Å²) in [5, 5.41) is 108. The Morgan fingerprint density at radius 1 is 0.959 bits per heavy atom. The number of ether oxygens (including phenoxy) is 5. The Kier molecular flexibility index (Phi) is 13.0. The van der Waals surface area contributed by atoms with Crippen LogP contribution in [0.5, 0.6) is 11.5 Å². The molecule has 2 heterocycles. The highest BCUT2D eigenvalue weighted by molar-refractivity contribution is 5.89. The van der Waals surface area contributed by atoms with E-state index in [-0.39, 0.29) is 17.7 Å². The van der Waals surface area contributed by atoms with Gasteiger partial charge in [0.2, 0.25) is 6.29 Å². The molecule has 0 spiro atoms. The van der Waals surface area contributed by atoms with Crippen LogP contribution in [0, 0.1) is 17.8 Å². The molecule has 1 saturated carbocycles. The van der Waals surface area contributed by atoms with Crippen LogP contribution in [-0.2, 0) is 33.3 Å². The van der Waals surface area contributed by atoms with Gasteiger partial charge in [-0.15, -0.1) is 0 Å². The quantitative estimate of drug-likeness (QED) is 0.0536. The molecule has 18 nitrogen and oxygen atoms in total. The molecule has 0 bridgehead atoms. The van der Waals surface area contributed by atoms with Gasteiger partial charge in [0.15, 0.2) is 17.8 Å². The molecule has 2 fully saturated rings. The van der Waals surface area contributed by atoms with Gasteiger partial charge in [0, 0.05) is 23.8 Å². The largest absolute Gasteiger partial charge is 0.504 e. The fourth-order valence-corrected chi connectivity index (χ4v) is 6.02. The zero-order valence-corrected chi connectivity index (χ0v) is 26.2. The van der Waals surface area contributed by atoms with Gasteiger partial charge >= 0.3 is 11.9 Å². The Labute approximate surface area is 279 Å². The first-order valence-corrected chi connectivity index (χ1v) is 15.4. The second-order valence-corrected chi connectivity index (χ2v) is 12.1. The zero-order chi connectivity index (χ0) is 36.2. The number of benzene rings is 1. The van der Waals surface area contributed by atoms with Crippen LogP contribution >= 0.6 is 0 Å². The fourth-order valence-electron chi connectivity index (χ4n) is 6.02. The lowest BCUT2D eigenvalue weighted by atomic mass is 9.83. The van der Waals surface area contributed by atoms with Gasteiger partial charge in [-0.25, -0.2) is 9.59 Å². The van der Waals surface area contributed by atoms with Crippen molar-refractivity contribution in [1.29, 1.82) is 0 Å². The van der Waals surface area contributed by atoms with E-state index in [9.17, 15) is 60.7 Å². The molecule has 0 unspecified atom stereocenters. The summed E-state index contributed by atoms with van der Waals surface area (Å²) in [5.41, 5.74) is 0.275. The Balaban J connectivity index is 1.52. The van der Waals surface area contributed by atoms with E-state index in [1.54, 1.807) is 6.92 Å². The van der Waals surface area contributed by atoms with Crippen LogP contribution in [0.15, 0.2) is 36.1 Å². The number of phenols is 2. The van der Waals surface area contributed by atoms with Crippen molar-refractivity contribution < 1.29 is 89.4 Å². The molecule has 0 aromatic heterocycles. The number of hydrogen-bond donors (Lipinski definition) is 11. The fraction of sp³-hybridized carbons (Fsp3) is 0.613. The van der Waals surface area contributed by atoms with Crippen molar-refractivity contribution in [2.75, 3.05) is 19.8 Å². The minimum Gasteiger partial charge on any atom is -0.504 e. The van der Waals surface area contributed by atoms with Crippen molar-refractivity contribution in [3.63, 3.8) is 0 Å². The summed E-state index contributed by atoms with van der Waals surface area (Å²) >= 11 is 0. The Morgan fingerprint density at radius 2 is 1.65 bits per heavy atom. The number of aromatic hydroxyl groups is 2. The molecular formula is C31H42O18. The van der Waals surface area contributed by atoms with Gasteiger partial charge in [0.1, 0.15) is 61.5 Å². The number of carbonyl (C=O) groups excluding carboxylic acids is 2. The molecule has 1 aromatic carbocycles. The lowest BCUT2D eigenvalue weighted by molar-refractivity contribution is -0.342. The van der Waals surface area contributed by atoms with Crippen LogP contribution in [0.1, 0.15) is 18.9 Å². The second kappa shape index (κ2) is 16.5. The highest BCUT2D eigenvalue weighted by atomic mass is 16.8. The molecule has 14 atom stereocenters. The molecular weight excluding hydrogens is 660 g/mol. The maximum absolute atomic E-state index is 13.2. The van der Waals surface area contributed by atoms with E-state index in [0.29, 0.717) is 5.56 Å². The van der Waals surface area contributed by atoms with Crippen LogP contribution in [0.2, 0.25) is 0 Å². The molecule has 11 N–H and O–H groups in total. The summed E-state index contributed by atoms with van der Waals surface area (Å²) in [5.74, 6) is -4.83. The highest BCUT2D eigenvalue weighted by Crippen LogP contribution is 2.49. The molecule has 2 aliphatic heterocycles. The van der Waals surface area contributed by atoms with E-state index in [4.69, 9.17) is 28.8 Å². The van der Waals surface area contributed by atoms with Gasteiger partial charge in [-0.1, -0.05) is 13.0 Å². The second-order valence-electron chi connectivity index (χ2n) is 12.1.